The largest absolute Gasteiger partial charge is 0.350 e. The van der Waals surface area contributed by atoms with Crippen LogP contribution in [-0.4, -0.2) is 53.0 Å². The Kier molecular flexibility index (Phi) is 7.33. The standard InChI is InChI=1S/C14H21N5O3S/c1-9(2)11(19(4)12(21)6-15-7-20)5-10(3)13(22)17-14-18-16-8-23-14/h5,7-9,11H,6H2,1-4H3,(H,15,20)(H,17,18,22)/t11-/m1/s1. The number of nitrogens with one attached hydrogen (secondary N) is 2. The van der Waals surface area contributed by atoms with E-state index in [1.54, 1.807) is 20.0 Å². The molecule has 9 heteroatoms. The molecule has 0 saturated carbocycles. The minimum atomic E-state index is -0.292. The second-order valence-corrected chi connectivity index (χ2v) is 6.12. The van der Waals surface area contributed by atoms with Crippen LogP contribution >= 0.6 is 11.3 Å². The van der Waals surface area contributed by atoms with Crippen molar-refractivity contribution in [3.05, 3.63) is 17.2 Å². The lowest BCUT2D eigenvalue weighted by molar-refractivity contribution is -0.132. The molecule has 0 aliphatic heterocycles. The van der Waals surface area contributed by atoms with Crippen LogP contribution in [0.3, 0.4) is 0 Å². The van der Waals surface area contributed by atoms with E-state index in [-0.39, 0.29) is 30.3 Å². The molecular weight excluding hydrogens is 318 g/mol. The van der Waals surface area contributed by atoms with Gasteiger partial charge in [0.25, 0.3) is 5.91 Å². The molecule has 0 saturated heterocycles. The monoisotopic (exact) mass is 339 g/mol. The second kappa shape index (κ2) is 8.99. The number of hydrogen-bond acceptors (Lipinski definition) is 6. The molecule has 1 heterocycles. The summed E-state index contributed by atoms with van der Waals surface area (Å²) in [6.07, 6.45) is 2.21. The summed E-state index contributed by atoms with van der Waals surface area (Å²) in [5, 5.41) is 12.8. The first-order chi connectivity index (χ1) is 10.9. The zero-order valence-corrected chi connectivity index (χ0v) is 14.4. The van der Waals surface area contributed by atoms with Crippen LogP contribution in [0.4, 0.5) is 5.13 Å². The molecule has 0 aromatic carbocycles. The van der Waals surface area contributed by atoms with E-state index >= 15 is 0 Å². The lowest BCUT2D eigenvalue weighted by Crippen LogP contribution is -2.43. The van der Waals surface area contributed by atoms with E-state index in [0.29, 0.717) is 17.1 Å². The molecule has 2 N–H and O–H groups in total. The fourth-order valence-electron chi connectivity index (χ4n) is 1.93. The van der Waals surface area contributed by atoms with Crippen molar-refractivity contribution in [2.45, 2.75) is 26.8 Å². The number of hydrogen-bond donors (Lipinski definition) is 2. The minimum absolute atomic E-state index is 0.0763. The van der Waals surface area contributed by atoms with E-state index in [2.05, 4.69) is 20.8 Å². The maximum absolute atomic E-state index is 12.1. The third kappa shape index (κ3) is 5.78. The quantitative estimate of drug-likeness (QED) is 0.534. The van der Waals surface area contributed by atoms with Crippen LogP contribution in [0.5, 0.6) is 0 Å². The van der Waals surface area contributed by atoms with Gasteiger partial charge in [-0.2, -0.15) is 0 Å². The summed E-state index contributed by atoms with van der Waals surface area (Å²) >= 11 is 1.23. The van der Waals surface area contributed by atoms with Gasteiger partial charge in [0.2, 0.25) is 17.4 Å². The number of rotatable bonds is 8. The SMILES string of the molecule is CC(=C[C@H](C(C)C)N(C)C(=O)CNC=O)C(=O)Nc1nncs1. The molecule has 0 spiro atoms. The normalized spacial score (nSPS) is 12.7. The smallest absolute Gasteiger partial charge is 0.252 e. The molecule has 0 aliphatic carbocycles. The van der Waals surface area contributed by atoms with Gasteiger partial charge in [-0.05, 0) is 12.8 Å². The van der Waals surface area contributed by atoms with Crippen molar-refractivity contribution < 1.29 is 14.4 Å². The molecular formula is C14H21N5O3S. The Bertz CT molecular complexity index is 571. The Morgan fingerprint density at radius 1 is 1.43 bits per heavy atom. The second-order valence-electron chi connectivity index (χ2n) is 5.29. The number of carbonyl (C=O) groups is 3. The molecule has 1 aromatic heterocycles. The molecule has 0 bridgehead atoms. The summed E-state index contributed by atoms with van der Waals surface area (Å²) < 4.78 is 0. The highest BCUT2D eigenvalue weighted by atomic mass is 32.1. The number of carbonyl (C=O) groups excluding carboxylic acids is 3. The molecule has 0 radical (unpaired) electrons. The maximum atomic E-state index is 12.1. The highest BCUT2D eigenvalue weighted by Crippen LogP contribution is 2.15. The lowest BCUT2D eigenvalue weighted by Gasteiger charge is -2.29. The van der Waals surface area contributed by atoms with Crippen molar-refractivity contribution in [1.82, 2.24) is 20.4 Å². The average molecular weight is 339 g/mol. The predicted molar refractivity (Wildman–Crippen MR) is 87.8 cm³/mol. The Labute approximate surface area is 139 Å². The fraction of sp³-hybridized carbons (Fsp3) is 0.500. The average Bonchev–Trinajstić information content (AvgIpc) is 3.01. The van der Waals surface area contributed by atoms with Crippen LogP contribution in [0.25, 0.3) is 0 Å². The van der Waals surface area contributed by atoms with Crippen LogP contribution in [0.2, 0.25) is 0 Å². The van der Waals surface area contributed by atoms with Gasteiger partial charge in [-0.25, -0.2) is 0 Å². The summed E-state index contributed by atoms with van der Waals surface area (Å²) in [6.45, 7) is 5.50. The van der Waals surface area contributed by atoms with Gasteiger partial charge in [0.1, 0.15) is 5.51 Å². The van der Waals surface area contributed by atoms with Crippen molar-refractivity contribution in [2.75, 3.05) is 18.9 Å². The molecule has 126 valence electrons. The van der Waals surface area contributed by atoms with Crippen LogP contribution in [-0.2, 0) is 14.4 Å². The highest BCUT2D eigenvalue weighted by Gasteiger charge is 2.22. The third-order valence-corrected chi connectivity index (χ3v) is 3.83. The first-order valence-electron chi connectivity index (χ1n) is 7.05. The van der Waals surface area contributed by atoms with E-state index < -0.39 is 0 Å². The molecule has 1 atom stereocenters. The number of aromatic nitrogens is 2. The molecule has 23 heavy (non-hydrogen) atoms. The minimum Gasteiger partial charge on any atom is -0.350 e. The summed E-state index contributed by atoms with van der Waals surface area (Å²) in [5.41, 5.74) is 2.00. The predicted octanol–water partition coefficient (Wildman–Crippen LogP) is 0.652. The van der Waals surface area contributed by atoms with Gasteiger partial charge >= 0.3 is 0 Å². The van der Waals surface area contributed by atoms with E-state index in [0.717, 1.165) is 0 Å². The van der Waals surface area contributed by atoms with E-state index in [1.807, 2.05) is 13.8 Å². The molecule has 0 fully saturated rings. The van der Waals surface area contributed by atoms with Crippen molar-refractivity contribution in [2.24, 2.45) is 5.92 Å². The Morgan fingerprint density at radius 2 is 2.13 bits per heavy atom. The fourth-order valence-corrected chi connectivity index (χ4v) is 2.37. The van der Waals surface area contributed by atoms with Crippen molar-refractivity contribution in [3.8, 4) is 0 Å². The highest BCUT2D eigenvalue weighted by molar-refractivity contribution is 7.13. The number of amides is 3. The number of nitrogens with zero attached hydrogens (tertiary/aromatic N) is 3. The summed E-state index contributed by atoms with van der Waals surface area (Å²) in [7, 11) is 1.64. The number of likely N-dealkylation sites (N-methyl/N-ethyl adjacent to an activating group) is 1. The van der Waals surface area contributed by atoms with Gasteiger partial charge in [0.15, 0.2) is 0 Å². The zero-order valence-electron chi connectivity index (χ0n) is 13.6. The summed E-state index contributed by atoms with van der Waals surface area (Å²) in [4.78, 5) is 36.0. The van der Waals surface area contributed by atoms with Gasteiger partial charge in [-0.3, -0.25) is 19.7 Å². The molecule has 3 amide bonds. The van der Waals surface area contributed by atoms with Gasteiger partial charge in [-0.15, -0.1) is 10.2 Å². The van der Waals surface area contributed by atoms with Gasteiger partial charge in [0, 0.05) is 12.6 Å². The van der Waals surface area contributed by atoms with Gasteiger partial charge < -0.3 is 10.2 Å². The zero-order chi connectivity index (χ0) is 17.4. The topological polar surface area (TPSA) is 104 Å². The van der Waals surface area contributed by atoms with E-state index in [1.165, 1.54) is 21.7 Å². The van der Waals surface area contributed by atoms with Gasteiger partial charge in [0.05, 0.1) is 12.6 Å². The molecule has 0 unspecified atom stereocenters. The van der Waals surface area contributed by atoms with Crippen LogP contribution in [0, 0.1) is 5.92 Å². The van der Waals surface area contributed by atoms with Crippen LogP contribution < -0.4 is 10.6 Å². The Morgan fingerprint density at radius 3 is 2.65 bits per heavy atom. The van der Waals surface area contributed by atoms with Crippen molar-refractivity contribution in [1.29, 1.82) is 0 Å². The van der Waals surface area contributed by atoms with Crippen molar-refractivity contribution in [3.63, 3.8) is 0 Å². The van der Waals surface area contributed by atoms with E-state index in [4.69, 9.17) is 0 Å². The molecule has 1 rings (SSSR count). The van der Waals surface area contributed by atoms with E-state index in [9.17, 15) is 14.4 Å². The first kappa shape index (κ1) is 18.8. The summed E-state index contributed by atoms with van der Waals surface area (Å²) in [6, 6.07) is -0.267. The molecule has 1 aromatic rings. The third-order valence-electron chi connectivity index (χ3n) is 3.22. The molecule has 8 nitrogen and oxygen atoms in total. The summed E-state index contributed by atoms with van der Waals surface area (Å²) in [5.74, 6) is -0.423. The lowest BCUT2D eigenvalue weighted by atomic mass is 10.00. The maximum Gasteiger partial charge on any atom is 0.252 e. The Balaban J connectivity index is 2.81. The Hall–Kier alpha value is -2.29. The van der Waals surface area contributed by atoms with Crippen LogP contribution in [0.15, 0.2) is 17.2 Å². The van der Waals surface area contributed by atoms with Crippen LogP contribution in [0.1, 0.15) is 20.8 Å². The van der Waals surface area contributed by atoms with Gasteiger partial charge in [-0.1, -0.05) is 31.3 Å². The first-order valence-corrected chi connectivity index (χ1v) is 7.93. The number of anilines is 1. The molecule has 0 aliphatic rings. The van der Waals surface area contributed by atoms with Crippen molar-refractivity contribution >= 4 is 34.7 Å².